The van der Waals surface area contributed by atoms with Gasteiger partial charge in [-0.1, -0.05) is 12.1 Å². The van der Waals surface area contributed by atoms with Gasteiger partial charge in [-0.15, -0.1) is 0 Å². The fraction of sp³-hybridized carbons (Fsp3) is 0.250. The summed E-state index contributed by atoms with van der Waals surface area (Å²) in [7, 11) is 1.87. The summed E-state index contributed by atoms with van der Waals surface area (Å²) in [4.78, 5) is 22.7. The summed E-state index contributed by atoms with van der Waals surface area (Å²) < 4.78 is 18.0. The number of fused-ring (bicyclic) bond motifs is 1. The van der Waals surface area contributed by atoms with Crippen molar-refractivity contribution < 1.29 is 9.18 Å². The van der Waals surface area contributed by atoms with Gasteiger partial charge in [-0.05, 0) is 37.1 Å². The van der Waals surface area contributed by atoms with Gasteiger partial charge < -0.3 is 10.6 Å². The first kappa shape index (κ1) is 20.8. The Labute approximate surface area is 189 Å². The van der Waals surface area contributed by atoms with Gasteiger partial charge in [0, 0.05) is 49.0 Å². The lowest BCUT2D eigenvalue weighted by atomic mass is 10.1. The minimum atomic E-state index is -0.630. The highest BCUT2D eigenvalue weighted by molar-refractivity contribution is 5.93. The molecule has 0 saturated carbocycles. The molecule has 0 unspecified atom stereocenters. The van der Waals surface area contributed by atoms with Crippen LogP contribution < -0.4 is 5.73 Å². The van der Waals surface area contributed by atoms with Crippen molar-refractivity contribution in [3.63, 3.8) is 0 Å². The number of nitrogens with zero attached hydrogens (tertiary/aromatic N) is 6. The Morgan fingerprint density at radius 1 is 1.27 bits per heavy atom. The molecule has 0 bridgehead atoms. The van der Waals surface area contributed by atoms with Gasteiger partial charge in [0.1, 0.15) is 17.3 Å². The summed E-state index contributed by atoms with van der Waals surface area (Å²) in [6.07, 6.45) is 5.18. The van der Waals surface area contributed by atoms with E-state index >= 15 is 0 Å². The number of halogens is 1. The number of aromatic nitrogens is 4. The molecule has 1 saturated heterocycles. The van der Waals surface area contributed by atoms with Crippen molar-refractivity contribution in [1.29, 1.82) is 0 Å². The van der Waals surface area contributed by atoms with Crippen molar-refractivity contribution >= 4 is 22.5 Å². The molecule has 4 aromatic rings. The molecule has 0 radical (unpaired) electrons. The van der Waals surface area contributed by atoms with Crippen LogP contribution in [0.3, 0.4) is 0 Å². The standard InChI is InChI=1S/C24H22FN7O/c1-27-20-7-5-15(11-19(20)25)23-29-21(24(33)31-9-3-4-17(26)13-31)14-32(23)18-6-8-22-16(10-18)12-28-30(22)2/h5-8,10-12,14,17H,3-4,9,13,26H2,2H3/t17-/m1/s1. The molecule has 1 atom stereocenters. The number of piperidine rings is 1. The topological polar surface area (TPSA) is 86.3 Å². The molecule has 33 heavy (non-hydrogen) atoms. The monoisotopic (exact) mass is 443 g/mol. The number of amides is 1. The molecule has 2 aromatic heterocycles. The normalized spacial score (nSPS) is 16.2. The summed E-state index contributed by atoms with van der Waals surface area (Å²) in [5.41, 5.74) is 8.47. The zero-order valence-electron chi connectivity index (χ0n) is 18.1. The first-order valence-corrected chi connectivity index (χ1v) is 10.7. The summed E-state index contributed by atoms with van der Waals surface area (Å²) in [6, 6.07) is 10.1. The van der Waals surface area contributed by atoms with Crippen molar-refractivity contribution in [3.8, 4) is 17.1 Å². The molecule has 8 nitrogen and oxygen atoms in total. The summed E-state index contributed by atoms with van der Waals surface area (Å²) in [5.74, 6) is -0.418. The Hall–Kier alpha value is -4.03. The Morgan fingerprint density at radius 2 is 2.12 bits per heavy atom. The molecule has 1 amide bonds. The predicted octanol–water partition coefficient (Wildman–Crippen LogP) is 3.68. The third-order valence-electron chi connectivity index (χ3n) is 6.00. The fourth-order valence-electron chi connectivity index (χ4n) is 4.28. The second-order valence-electron chi connectivity index (χ2n) is 8.26. The largest absolute Gasteiger partial charge is 0.336 e. The van der Waals surface area contributed by atoms with Crippen LogP contribution in [-0.2, 0) is 7.05 Å². The maximum Gasteiger partial charge on any atom is 0.274 e. The molecule has 5 rings (SSSR count). The van der Waals surface area contributed by atoms with Crippen LogP contribution in [0.25, 0.3) is 32.8 Å². The number of aryl methyl sites for hydroxylation is 1. The highest BCUT2D eigenvalue weighted by Gasteiger charge is 2.26. The number of carbonyl (C=O) groups is 1. The van der Waals surface area contributed by atoms with E-state index in [-0.39, 0.29) is 23.3 Å². The lowest BCUT2D eigenvalue weighted by Crippen LogP contribution is -2.45. The van der Waals surface area contributed by atoms with Crippen LogP contribution in [0.1, 0.15) is 23.3 Å². The number of rotatable bonds is 3. The highest BCUT2D eigenvalue weighted by Crippen LogP contribution is 2.29. The molecule has 2 aromatic carbocycles. The third kappa shape index (κ3) is 3.75. The lowest BCUT2D eigenvalue weighted by molar-refractivity contribution is 0.0703. The molecule has 3 heterocycles. The number of benzene rings is 2. The minimum absolute atomic E-state index is 0.0486. The van der Waals surface area contributed by atoms with Crippen molar-refractivity contribution in [1.82, 2.24) is 24.2 Å². The molecule has 0 aliphatic carbocycles. The van der Waals surface area contributed by atoms with Crippen LogP contribution in [0, 0.1) is 12.4 Å². The second-order valence-corrected chi connectivity index (χ2v) is 8.26. The molecule has 1 aliphatic rings. The first-order valence-electron chi connectivity index (χ1n) is 10.7. The van der Waals surface area contributed by atoms with Crippen LogP contribution >= 0.6 is 0 Å². The maximum absolute atomic E-state index is 14.4. The molecule has 2 N–H and O–H groups in total. The Morgan fingerprint density at radius 3 is 2.88 bits per heavy atom. The van der Waals surface area contributed by atoms with E-state index in [9.17, 15) is 9.18 Å². The SMILES string of the molecule is [C-]#[N+]c1ccc(-c2nc(C(=O)N3CCC[C@@H](N)C3)cn2-c2ccc3c(cnn3C)c2)cc1F. The van der Waals surface area contributed by atoms with Gasteiger partial charge in [0.15, 0.2) is 0 Å². The number of hydrogen-bond donors (Lipinski definition) is 1. The molecule has 1 aliphatic heterocycles. The van der Waals surface area contributed by atoms with E-state index in [1.165, 1.54) is 12.1 Å². The van der Waals surface area contributed by atoms with Gasteiger partial charge in [-0.3, -0.25) is 14.0 Å². The van der Waals surface area contributed by atoms with Crippen LogP contribution in [-0.4, -0.2) is 49.3 Å². The molecule has 9 heteroatoms. The average molecular weight is 443 g/mol. The Balaban J connectivity index is 1.63. The zero-order chi connectivity index (χ0) is 23.1. The van der Waals surface area contributed by atoms with Crippen molar-refractivity contribution in [2.75, 3.05) is 13.1 Å². The van der Waals surface area contributed by atoms with E-state index < -0.39 is 5.82 Å². The van der Waals surface area contributed by atoms with Crippen LogP contribution in [0.15, 0.2) is 48.8 Å². The molecule has 0 spiro atoms. The molecular formula is C24H22FN7O. The van der Waals surface area contributed by atoms with Crippen LogP contribution in [0.5, 0.6) is 0 Å². The fourth-order valence-corrected chi connectivity index (χ4v) is 4.28. The van der Waals surface area contributed by atoms with E-state index in [0.29, 0.717) is 24.5 Å². The van der Waals surface area contributed by atoms with Crippen molar-refractivity contribution in [2.24, 2.45) is 12.8 Å². The first-order chi connectivity index (χ1) is 15.9. The number of hydrogen-bond acceptors (Lipinski definition) is 4. The van der Waals surface area contributed by atoms with E-state index in [4.69, 9.17) is 12.3 Å². The van der Waals surface area contributed by atoms with E-state index in [2.05, 4.69) is 14.9 Å². The number of nitrogens with two attached hydrogens (primary N) is 1. The summed E-state index contributed by atoms with van der Waals surface area (Å²) in [6.45, 7) is 8.21. The van der Waals surface area contributed by atoms with Gasteiger partial charge in [0.25, 0.3) is 5.91 Å². The van der Waals surface area contributed by atoms with Gasteiger partial charge in [-0.2, -0.15) is 5.10 Å². The average Bonchev–Trinajstić information content (AvgIpc) is 3.42. The molecular weight excluding hydrogens is 421 g/mol. The van der Waals surface area contributed by atoms with Gasteiger partial charge in [0.2, 0.25) is 5.69 Å². The van der Waals surface area contributed by atoms with E-state index in [1.54, 1.807) is 32.6 Å². The Bertz CT molecular complexity index is 1410. The van der Waals surface area contributed by atoms with Crippen molar-refractivity contribution in [3.05, 3.63) is 71.7 Å². The number of likely N-dealkylation sites (tertiary alicyclic amines) is 1. The summed E-state index contributed by atoms with van der Waals surface area (Å²) in [5, 5.41) is 5.21. The smallest absolute Gasteiger partial charge is 0.274 e. The second kappa shape index (κ2) is 8.15. The predicted molar refractivity (Wildman–Crippen MR) is 123 cm³/mol. The van der Waals surface area contributed by atoms with E-state index in [0.717, 1.165) is 29.4 Å². The number of carbonyl (C=O) groups excluding carboxylic acids is 1. The Kier molecular flexibility index (Phi) is 5.15. The van der Waals surface area contributed by atoms with Gasteiger partial charge in [0.05, 0.1) is 18.3 Å². The summed E-state index contributed by atoms with van der Waals surface area (Å²) >= 11 is 0. The number of imidazole rings is 1. The maximum atomic E-state index is 14.4. The van der Waals surface area contributed by atoms with Gasteiger partial charge in [-0.25, -0.2) is 14.2 Å². The van der Waals surface area contributed by atoms with Crippen molar-refractivity contribution in [2.45, 2.75) is 18.9 Å². The van der Waals surface area contributed by atoms with Crippen LogP contribution in [0.2, 0.25) is 0 Å². The van der Waals surface area contributed by atoms with Gasteiger partial charge >= 0.3 is 0 Å². The quantitative estimate of drug-likeness (QED) is 0.490. The van der Waals surface area contributed by atoms with Crippen LogP contribution in [0.4, 0.5) is 10.1 Å². The third-order valence-corrected chi connectivity index (χ3v) is 6.00. The molecule has 1 fully saturated rings. The van der Waals surface area contributed by atoms with E-state index in [1.807, 2.05) is 25.2 Å². The highest BCUT2D eigenvalue weighted by atomic mass is 19.1. The lowest BCUT2D eigenvalue weighted by Gasteiger charge is -2.30. The zero-order valence-corrected chi connectivity index (χ0v) is 18.1. The minimum Gasteiger partial charge on any atom is -0.336 e. The molecule has 166 valence electrons.